The van der Waals surface area contributed by atoms with E-state index in [9.17, 15) is 4.79 Å². The van der Waals surface area contributed by atoms with Crippen molar-refractivity contribution in [2.24, 2.45) is 7.05 Å². The van der Waals surface area contributed by atoms with E-state index in [2.05, 4.69) is 4.98 Å². The van der Waals surface area contributed by atoms with Crippen LogP contribution in [0.5, 0.6) is 11.5 Å². The predicted octanol–water partition coefficient (Wildman–Crippen LogP) is 2.23. The summed E-state index contributed by atoms with van der Waals surface area (Å²) in [6.07, 6.45) is 2.35. The number of benzene rings is 1. The van der Waals surface area contributed by atoms with Crippen molar-refractivity contribution in [2.45, 2.75) is 6.92 Å². The Balaban J connectivity index is 2.72. The maximum atomic E-state index is 11.1. The first-order valence-corrected chi connectivity index (χ1v) is 5.82. The van der Waals surface area contributed by atoms with Gasteiger partial charge in [-0.2, -0.15) is 0 Å². The van der Waals surface area contributed by atoms with Crippen molar-refractivity contribution in [1.29, 1.82) is 0 Å². The van der Waals surface area contributed by atoms with Crippen LogP contribution in [0.15, 0.2) is 18.5 Å². The second-order valence-corrected chi connectivity index (χ2v) is 4.18. The van der Waals surface area contributed by atoms with Crippen LogP contribution in [-0.2, 0) is 7.05 Å². The summed E-state index contributed by atoms with van der Waals surface area (Å²) in [6.45, 7) is 1.91. The Bertz CT molecular complexity index is 617. The van der Waals surface area contributed by atoms with E-state index in [0.29, 0.717) is 11.4 Å². The summed E-state index contributed by atoms with van der Waals surface area (Å²) in [5.41, 5.74) is 2.84. The van der Waals surface area contributed by atoms with Crippen molar-refractivity contribution in [2.75, 3.05) is 14.2 Å². The molecule has 0 radical (unpaired) electrons. The monoisotopic (exact) mass is 260 g/mol. The number of aromatic nitrogens is 2. The molecule has 0 N–H and O–H groups in total. The fraction of sp³-hybridized carbons (Fsp3) is 0.286. The van der Waals surface area contributed by atoms with Crippen LogP contribution in [0.3, 0.4) is 0 Å². The number of methoxy groups -OCH3 is 2. The van der Waals surface area contributed by atoms with Crippen LogP contribution >= 0.6 is 0 Å². The van der Waals surface area contributed by atoms with Crippen LogP contribution in [0.1, 0.15) is 16.1 Å². The van der Waals surface area contributed by atoms with Gasteiger partial charge in [0.05, 0.1) is 26.2 Å². The highest BCUT2D eigenvalue weighted by molar-refractivity contribution is 5.86. The lowest BCUT2D eigenvalue weighted by molar-refractivity contribution is 0.112. The third-order valence-corrected chi connectivity index (χ3v) is 3.11. The van der Waals surface area contributed by atoms with Gasteiger partial charge in [-0.05, 0) is 19.1 Å². The Labute approximate surface area is 111 Å². The van der Waals surface area contributed by atoms with Crippen LogP contribution in [0.25, 0.3) is 11.3 Å². The molecule has 0 spiro atoms. The second kappa shape index (κ2) is 5.14. The van der Waals surface area contributed by atoms with Crippen molar-refractivity contribution in [3.05, 3.63) is 29.7 Å². The maximum absolute atomic E-state index is 11.1. The van der Waals surface area contributed by atoms with Crippen LogP contribution in [0.4, 0.5) is 0 Å². The Hall–Kier alpha value is -2.30. The molecule has 0 saturated heterocycles. The average Bonchev–Trinajstić information content (AvgIpc) is 2.79. The van der Waals surface area contributed by atoms with E-state index in [-0.39, 0.29) is 0 Å². The van der Waals surface area contributed by atoms with Crippen LogP contribution in [0.2, 0.25) is 0 Å². The number of carbonyl (C=O) groups excluding carboxylic acids is 1. The molecule has 100 valence electrons. The van der Waals surface area contributed by atoms with Gasteiger partial charge in [0.25, 0.3) is 0 Å². The maximum Gasteiger partial charge on any atom is 0.170 e. The molecule has 0 unspecified atom stereocenters. The van der Waals surface area contributed by atoms with Crippen molar-refractivity contribution in [1.82, 2.24) is 9.55 Å². The van der Waals surface area contributed by atoms with E-state index in [4.69, 9.17) is 9.47 Å². The van der Waals surface area contributed by atoms with Crippen LogP contribution in [0, 0.1) is 6.92 Å². The van der Waals surface area contributed by atoms with E-state index in [1.807, 2.05) is 26.1 Å². The largest absolute Gasteiger partial charge is 0.496 e. The first kappa shape index (κ1) is 13.1. The van der Waals surface area contributed by atoms with Crippen molar-refractivity contribution >= 4 is 6.29 Å². The van der Waals surface area contributed by atoms with Gasteiger partial charge in [-0.25, -0.2) is 4.98 Å². The summed E-state index contributed by atoms with van der Waals surface area (Å²) >= 11 is 0. The molecule has 0 aliphatic rings. The molecular formula is C14H16N2O3. The number of aryl methyl sites for hydroxylation is 1. The number of ether oxygens (including phenoxy) is 2. The Morgan fingerprint density at radius 1 is 1.26 bits per heavy atom. The van der Waals surface area contributed by atoms with E-state index in [1.165, 1.54) is 0 Å². The Morgan fingerprint density at radius 3 is 2.58 bits per heavy atom. The van der Waals surface area contributed by atoms with E-state index in [1.54, 1.807) is 25.1 Å². The zero-order chi connectivity index (χ0) is 14.0. The molecule has 1 aromatic carbocycles. The molecule has 0 saturated carbocycles. The molecule has 5 heteroatoms. The number of imidazole rings is 1. The molecule has 1 aromatic heterocycles. The van der Waals surface area contributed by atoms with E-state index in [0.717, 1.165) is 28.9 Å². The molecule has 5 nitrogen and oxygen atoms in total. The molecule has 19 heavy (non-hydrogen) atoms. The normalized spacial score (nSPS) is 10.3. The highest BCUT2D eigenvalue weighted by Gasteiger charge is 2.18. The second-order valence-electron chi connectivity index (χ2n) is 4.18. The Kier molecular flexibility index (Phi) is 3.55. The van der Waals surface area contributed by atoms with Crippen molar-refractivity contribution in [3.63, 3.8) is 0 Å². The SMILES string of the molecule is COc1ccc(-c2c(C=O)ncn2C)c(OC)c1C. The van der Waals surface area contributed by atoms with Gasteiger partial charge >= 0.3 is 0 Å². The topological polar surface area (TPSA) is 53.3 Å². The molecule has 0 aliphatic heterocycles. The summed E-state index contributed by atoms with van der Waals surface area (Å²) < 4.78 is 12.5. The highest BCUT2D eigenvalue weighted by Crippen LogP contribution is 2.38. The van der Waals surface area contributed by atoms with Crippen molar-refractivity contribution < 1.29 is 14.3 Å². The zero-order valence-electron chi connectivity index (χ0n) is 11.4. The van der Waals surface area contributed by atoms with Gasteiger partial charge in [0.1, 0.15) is 17.2 Å². The first-order chi connectivity index (χ1) is 9.13. The lowest BCUT2D eigenvalue weighted by Crippen LogP contribution is -1.99. The number of hydrogen-bond donors (Lipinski definition) is 0. The van der Waals surface area contributed by atoms with Gasteiger partial charge in [-0.1, -0.05) is 0 Å². The summed E-state index contributed by atoms with van der Waals surface area (Å²) in [5.74, 6) is 1.43. The minimum atomic E-state index is 0.394. The number of nitrogens with zero attached hydrogens (tertiary/aromatic N) is 2. The number of aldehydes is 1. The fourth-order valence-electron chi connectivity index (χ4n) is 2.21. The molecule has 0 aliphatic carbocycles. The van der Waals surface area contributed by atoms with E-state index < -0.39 is 0 Å². The first-order valence-electron chi connectivity index (χ1n) is 5.82. The number of hydrogen-bond acceptors (Lipinski definition) is 4. The standard InChI is InChI=1S/C14H16N2O3/c1-9-12(18-3)6-5-10(14(9)19-4)13-11(7-17)15-8-16(13)2/h5-8H,1-4H3. The average molecular weight is 260 g/mol. The summed E-state index contributed by atoms with van der Waals surface area (Å²) in [6, 6.07) is 3.73. The van der Waals surface area contributed by atoms with Gasteiger partial charge in [0.15, 0.2) is 6.29 Å². The molecule has 0 amide bonds. The molecule has 2 aromatic rings. The van der Waals surface area contributed by atoms with Crippen LogP contribution < -0.4 is 9.47 Å². The minimum Gasteiger partial charge on any atom is -0.496 e. The molecule has 2 rings (SSSR count). The molecule has 0 bridgehead atoms. The molecular weight excluding hydrogens is 244 g/mol. The summed E-state index contributed by atoms with van der Waals surface area (Å²) in [4.78, 5) is 15.1. The van der Waals surface area contributed by atoms with Gasteiger partial charge in [0, 0.05) is 18.2 Å². The molecule has 0 atom stereocenters. The third kappa shape index (κ3) is 2.07. The van der Waals surface area contributed by atoms with Gasteiger partial charge in [-0.3, -0.25) is 4.79 Å². The molecule has 1 heterocycles. The highest BCUT2D eigenvalue weighted by atomic mass is 16.5. The predicted molar refractivity (Wildman–Crippen MR) is 71.9 cm³/mol. The fourth-order valence-corrected chi connectivity index (χ4v) is 2.21. The third-order valence-electron chi connectivity index (χ3n) is 3.11. The van der Waals surface area contributed by atoms with Gasteiger partial charge < -0.3 is 14.0 Å². The Morgan fingerprint density at radius 2 is 2.00 bits per heavy atom. The zero-order valence-corrected chi connectivity index (χ0v) is 11.4. The molecule has 0 fully saturated rings. The van der Waals surface area contributed by atoms with Crippen molar-refractivity contribution in [3.8, 4) is 22.8 Å². The summed E-state index contributed by atoms with van der Waals surface area (Å²) in [7, 11) is 5.05. The number of rotatable bonds is 4. The smallest absolute Gasteiger partial charge is 0.170 e. The lowest BCUT2D eigenvalue weighted by atomic mass is 10.0. The summed E-state index contributed by atoms with van der Waals surface area (Å²) in [5, 5.41) is 0. The number of carbonyl (C=O) groups is 1. The quantitative estimate of drug-likeness (QED) is 0.791. The minimum absolute atomic E-state index is 0.394. The van der Waals surface area contributed by atoms with Gasteiger partial charge in [0.2, 0.25) is 0 Å². The van der Waals surface area contributed by atoms with Crippen LogP contribution in [-0.4, -0.2) is 30.1 Å². The van der Waals surface area contributed by atoms with Gasteiger partial charge in [-0.15, -0.1) is 0 Å². The lowest BCUT2D eigenvalue weighted by Gasteiger charge is -2.15. The van der Waals surface area contributed by atoms with E-state index >= 15 is 0 Å².